The molecule has 0 aromatic heterocycles. The minimum atomic E-state index is -0.153. The summed E-state index contributed by atoms with van der Waals surface area (Å²) in [6, 6.07) is 7.96. The van der Waals surface area contributed by atoms with Gasteiger partial charge in [0.1, 0.15) is 12.4 Å². The molecular weight excluding hydrogens is 242 g/mol. The van der Waals surface area contributed by atoms with Crippen molar-refractivity contribution in [1.29, 1.82) is 0 Å². The largest absolute Gasteiger partial charge is 0.494 e. The predicted octanol–water partition coefficient (Wildman–Crippen LogP) is 2.37. The number of hydrogen-bond donors (Lipinski definition) is 1. The van der Waals surface area contributed by atoms with Crippen LogP contribution in [0.1, 0.15) is 26.3 Å². The molecule has 0 spiro atoms. The molecule has 0 aliphatic heterocycles. The van der Waals surface area contributed by atoms with Crippen LogP contribution in [0, 0.1) is 5.92 Å². The Hall–Kier alpha value is -1.55. The molecule has 4 heteroatoms. The number of carbonyl (C=O) groups is 1. The molecule has 19 heavy (non-hydrogen) atoms. The summed E-state index contributed by atoms with van der Waals surface area (Å²) in [7, 11) is 0. The van der Waals surface area contributed by atoms with E-state index in [0.29, 0.717) is 19.8 Å². The van der Waals surface area contributed by atoms with Gasteiger partial charge in [-0.05, 0) is 24.6 Å². The molecule has 1 aromatic carbocycles. The fraction of sp³-hybridized carbons (Fsp3) is 0.533. The molecule has 0 bridgehead atoms. The maximum absolute atomic E-state index is 11.2. The Balaban J connectivity index is 2.22. The maximum Gasteiger partial charge on any atom is 0.308 e. The number of carbonyl (C=O) groups excluding carboxylic acids is 1. The van der Waals surface area contributed by atoms with Crippen LogP contribution in [0.25, 0.3) is 0 Å². The summed E-state index contributed by atoms with van der Waals surface area (Å²) in [6.45, 7) is 8.08. The SMILES string of the molecule is CCOc1cccc(CNCCOC(=O)C(C)C)c1. The third kappa shape index (κ3) is 6.25. The van der Waals surface area contributed by atoms with Crippen molar-refractivity contribution < 1.29 is 14.3 Å². The van der Waals surface area contributed by atoms with Gasteiger partial charge in [0.15, 0.2) is 0 Å². The van der Waals surface area contributed by atoms with Crippen molar-refractivity contribution in [1.82, 2.24) is 5.32 Å². The first kappa shape index (κ1) is 15.5. The van der Waals surface area contributed by atoms with Crippen LogP contribution in [0.2, 0.25) is 0 Å². The average molecular weight is 265 g/mol. The number of ether oxygens (including phenoxy) is 2. The summed E-state index contributed by atoms with van der Waals surface area (Å²) >= 11 is 0. The highest BCUT2D eigenvalue weighted by molar-refractivity contribution is 5.71. The van der Waals surface area contributed by atoms with Crippen LogP contribution in [0.15, 0.2) is 24.3 Å². The molecule has 0 amide bonds. The van der Waals surface area contributed by atoms with E-state index >= 15 is 0 Å². The number of nitrogens with one attached hydrogen (secondary N) is 1. The van der Waals surface area contributed by atoms with E-state index in [1.54, 1.807) is 0 Å². The number of esters is 1. The van der Waals surface area contributed by atoms with Gasteiger partial charge < -0.3 is 14.8 Å². The van der Waals surface area contributed by atoms with Crippen molar-refractivity contribution in [2.45, 2.75) is 27.3 Å². The molecule has 1 N–H and O–H groups in total. The Morgan fingerprint density at radius 2 is 2.16 bits per heavy atom. The third-order valence-corrected chi connectivity index (χ3v) is 2.53. The molecule has 1 rings (SSSR count). The molecule has 0 saturated heterocycles. The van der Waals surface area contributed by atoms with Crippen LogP contribution in [-0.2, 0) is 16.1 Å². The summed E-state index contributed by atoms with van der Waals surface area (Å²) in [5.41, 5.74) is 1.15. The van der Waals surface area contributed by atoms with Crippen molar-refractivity contribution in [2.75, 3.05) is 19.8 Å². The van der Waals surface area contributed by atoms with E-state index in [9.17, 15) is 4.79 Å². The van der Waals surface area contributed by atoms with E-state index in [2.05, 4.69) is 5.32 Å². The highest BCUT2D eigenvalue weighted by Crippen LogP contribution is 2.12. The summed E-state index contributed by atoms with van der Waals surface area (Å²) in [6.07, 6.45) is 0. The smallest absolute Gasteiger partial charge is 0.308 e. The van der Waals surface area contributed by atoms with Crippen LogP contribution < -0.4 is 10.1 Å². The molecule has 4 nitrogen and oxygen atoms in total. The van der Waals surface area contributed by atoms with Gasteiger partial charge in [0.2, 0.25) is 0 Å². The molecule has 106 valence electrons. The van der Waals surface area contributed by atoms with E-state index in [1.165, 1.54) is 0 Å². The average Bonchev–Trinajstić information content (AvgIpc) is 2.39. The zero-order chi connectivity index (χ0) is 14.1. The zero-order valence-electron chi connectivity index (χ0n) is 11.9. The lowest BCUT2D eigenvalue weighted by atomic mass is 10.2. The van der Waals surface area contributed by atoms with Crippen molar-refractivity contribution in [3.63, 3.8) is 0 Å². The minimum absolute atomic E-state index is 0.0668. The number of rotatable bonds is 8. The normalized spacial score (nSPS) is 10.5. The van der Waals surface area contributed by atoms with Gasteiger partial charge >= 0.3 is 5.97 Å². The van der Waals surface area contributed by atoms with E-state index in [0.717, 1.165) is 17.9 Å². The quantitative estimate of drug-likeness (QED) is 0.579. The van der Waals surface area contributed by atoms with Gasteiger partial charge in [-0.25, -0.2) is 0 Å². The van der Waals surface area contributed by atoms with Gasteiger partial charge in [-0.3, -0.25) is 4.79 Å². The van der Waals surface area contributed by atoms with Crippen molar-refractivity contribution in [2.24, 2.45) is 5.92 Å². The molecule has 0 fully saturated rings. The van der Waals surface area contributed by atoms with E-state index in [-0.39, 0.29) is 11.9 Å². The monoisotopic (exact) mass is 265 g/mol. The van der Waals surface area contributed by atoms with E-state index in [4.69, 9.17) is 9.47 Å². The van der Waals surface area contributed by atoms with Gasteiger partial charge in [-0.2, -0.15) is 0 Å². The van der Waals surface area contributed by atoms with Gasteiger partial charge in [-0.1, -0.05) is 26.0 Å². The van der Waals surface area contributed by atoms with Crippen molar-refractivity contribution in [3.8, 4) is 5.75 Å². The number of hydrogen-bond acceptors (Lipinski definition) is 4. The topological polar surface area (TPSA) is 47.6 Å². The standard InChI is InChI=1S/C15H23NO3/c1-4-18-14-7-5-6-13(10-14)11-16-8-9-19-15(17)12(2)3/h5-7,10,12,16H,4,8-9,11H2,1-3H3. The van der Waals surface area contributed by atoms with Gasteiger partial charge in [0, 0.05) is 13.1 Å². The first-order valence-electron chi connectivity index (χ1n) is 6.72. The zero-order valence-corrected chi connectivity index (χ0v) is 11.9. The van der Waals surface area contributed by atoms with Crippen LogP contribution in [0.5, 0.6) is 5.75 Å². The highest BCUT2D eigenvalue weighted by Gasteiger charge is 2.06. The Morgan fingerprint density at radius 3 is 2.84 bits per heavy atom. The van der Waals surface area contributed by atoms with Crippen molar-refractivity contribution in [3.05, 3.63) is 29.8 Å². The molecule has 0 saturated carbocycles. The summed E-state index contributed by atoms with van der Waals surface area (Å²) in [4.78, 5) is 11.2. The molecule has 0 heterocycles. The van der Waals surface area contributed by atoms with Gasteiger partial charge in [0.25, 0.3) is 0 Å². The van der Waals surface area contributed by atoms with Crippen molar-refractivity contribution >= 4 is 5.97 Å². The Kier molecular flexibility index (Phi) is 6.97. The maximum atomic E-state index is 11.2. The van der Waals surface area contributed by atoms with Gasteiger partial charge in [-0.15, -0.1) is 0 Å². The second-order valence-corrected chi connectivity index (χ2v) is 4.58. The summed E-state index contributed by atoms with van der Waals surface area (Å²) in [5, 5.41) is 3.23. The first-order chi connectivity index (χ1) is 9.13. The first-order valence-corrected chi connectivity index (χ1v) is 6.72. The van der Waals surface area contributed by atoms with Crippen LogP contribution >= 0.6 is 0 Å². The molecule has 0 atom stereocenters. The summed E-state index contributed by atoms with van der Waals surface area (Å²) < 4.78 is 10.5. The lowest BCUT2D eigenvalue weighted by Crippen LogP contribution is -2.22. The minimum Gasteiger partial charge on any atom is -0.494 e. The Bertz CT molecular complexity index is 391. The van der Waals surface area contributed by atoms with Gasteiger partial charge in [0.05, 0.1) is 12.5 Å². The molecule has 1 aromatic rings. The molecule has 0 aliphatic rings. The Morgan fingerprint density at radius 1 is 1.37 bits per heavy atom. The molecular formula is C15H23NO3. The summed E-state index contributed by atoms with van der Waals surface area (Å²) in [5.74, 6) is 0.663. The fourth-order valence-corrected chi connectivity index (χ4v) is 1.54. The van der Waals surface area contributed by atoms with Crippen LogP contribution in [-0.4, -0.2) is 25.7 Å². The van der Waals surface area contributed by atoms with Crippen LogP contribution in [0.3, 0.4) is 0 Å². The lowest BCUT2D eigenvalue weighted by molar-refractivity contribution is -0.147. The highest BCUT2D eigenvalue weighted by atomic mass is 16.5. The Labute approximate surface area is 115 Å². The second kappa shape index (κ2) is 8.53. The van der Waals surface area contributed by atoms with Crippen LogP contribution in [0.4, 0.5) is 0 Å². The van der Waals surface area contributed by atoms with E-state index < -0.39 is 0 Å². The van der Waals surface area contributed by atoms with E-state index in [1.807, 2.05) is 45.0 Å². The number of benzene rings is 1. The molecule has 0 radical (unpaired) electrons. The second-order valence-electron chi connectivity index (χ2n) is 4.58. The predicted molar refractivity (Wildman–Crippen MR) is 75.1 cm³/mol. The molecule has 0 unspecified atom stereocenters. The third-order valence-electron chi connectivity index (χ3n) is 2.53. The fourth-order valence-electron chi connectivity index (χ4n) is 1.54. The molecule has 0 aliphatic carbocycles. The lowest BCUT2D eigenvalue weighted by Gasteiger charge is -2.09.